The molecule has 16 heavy (non-hydrogen) atoms. The van der Waals surface area contributed by atoms with Gasteiger partial charge >= 0.3 is 0 Å². The molecule has 2 atom stereocenters. The van der Waals surface area contributed by atoms with Crippen molar-refractivity contribution in [3.63, 3.8) is 0 Å². The second-order valence-corrected chi connectivity index (χ2v) is 4.14. The molecule has 1 heterocycles. The Morgan fingerprint density at radius 3 is 2.81 bits per heavy atom. The maximum atomic E-state index is 11.5. The van der Waals surface area contributed by atoms with Gasteiger partial charge in [-0.2, -0.15) is 0 Å². The summed E-state index contributed by atoms with van der Waals surface area (Å²) in [7, 11) is 0. The fourth-order valence-corrected chi connectivity index (χ4v) is 1.34. The number of rotatable bonds is 5. The Morgan fingerprint density at radius 1 is 1.62 bits per heavy atom. The van der Waals surface area contributed by atoms with Crippen molar-refractivity contribution in [2.75, 3.05) is 6.54 Å². The van der Waals surface area contributed by atoms with E-state index in [2.05, 4.69) is 5.32 Å². The van der Waals surface area contributed by atoms with Gasteiger partial charge in [-0.3, -0.25) is 4.79 Å². The van der Waals surface area contributed by atoms with Crippen molar-refractivity contribution >= 4 is 17.5 Å². The average molecular weight is 246 g/mol. The first-order valence-electron chi connectivity index (χ1n) is 5.26. The third-order valence-electron chi connectivity index (χ3n) is 2.57. The smallest absolute Gasteiger partial charge is 0.287 e. The second-order valence-electron chi connectivity index (χ2n) is 3.77. The van der Waals surface area contributed by atoms with Crippen molar-refractivity contribution in [2.24, 2.45) is 5.92 Å². The van der Waals surface area contributed by atoms with E-state index in [9.17, 15) is 9.90 Å². The molecule has 1 amide bonds. The molecule has 0 spiro atoms. The number of amides is 1. The first kappa shape index (κ1) is 13.1. The Bertz CT molecular complexity index is 351. The van der Waals surface area contributed by atoms with Gasteiger partial charge in [-0.1, -0.05) is 20.3 Å². The van der Waals surface area contributed by atoms with Crippen LogP contribution in [-0.2, 0) is 0 Å². The van der Waals surface area contributed by atoms with Crippen LogP contribution in [0, 0.1) is 5.92 Å². The summed E-state index contributed by atoms with van der Waals surface area (Å²) in [6.45, 7) is 4.13. The molecule has 0 aliphatic carbocycles. The van der Waals surface area contributed by atoms with E-state index in [1.54, 1.807) is 0 Å². The molecule has 0 fully saturated rings. The maximum absolute atomic E-state index is 11.5. The van der Waals surface area contributed by atoms with E-state index in [4.69, 9.17) is 16.0 Å². The highest BCUT2D eigenvalue weighted by Crippen LogP contribution is 2.13. The normalized spacial score (nSPS) is 14.5. The molecule has 0 aliphatic rings. The third-order valence-corrected chi connectivity index (χ3v) is 2.77. The summed E-state index contributed by atoms with van der Waals surface area (Å²) >= 11 is 5.54. The molecular weight excluding hydrogens is 230 g/mol. The number of hydrogen-bond acceptors (Lipinski definition) is 3. The molecule has 2 N–H and O–H groups in total. The van der Waals surface area contributed by atoms with Crippen LogP contribution in [0.5, 0.6) is 0 Å². The molecule has 0 bridgehead atoms. The van der Waals surface area contributed by atoms with E-state index in [1.165, 1.54) is 12.1 Å². The number of hydrogen-bond donors (Lipinski definition) is 2. The standard InChI is InChI=1S/C11H16ClNO3/c1-3-7(2)8(14)6-13-11(15)9-4-5-10(12)16-9/h4-5,7-8,14H,3,6H2,1-2H3,(H,13,15). The maximum Gasteiger partial charge on any atom is 0.287 e. The highest BCUT2D eigenvalue weighted by molar-refractivity contribution is 6.29. The molecule has 2 unspecified atom stereocenters. The summed E-state index contributed by atoms with van der Waals surface area (Å²) in [5.41, 5.74) is 0. The number of nitrogens with one attached hydrogen (secondary N) is 1. The molecule has 0 saturated heterocycles. The zero-order chi connectivity index (χ0) is 12.1. The Morgan fingerprint density at radius 2 is 2.31 bits per heavy atom. The van der Waals surface area contributed by atoms with Gasteiger partial charge in [0.25, 0.3) is 5.91 Å². The van der Waals surface area contributed by atoms with Gasteiger partial charge in [-0.25, -0.2) is 0 Å². The Labute approximate surface area is 99.6 Å². The molecule has 1 rings (SSSR count). The van der Waals surface area contributed by atoms with Gasteiger partial charge in [-0.15, -0.1) is 0 Å². The monoisotopic (exact) mass is 245 g/mol. The van der Waals surface area contributed by atoms with Gasteiger partial charge in [0.2, 0.25) is 0 Å². The van der Waals surface area contributed by atoms with Gasteiger partial charge in [-0.05, 0) is 29.7 Å². The predicted octanol–water partition coefficient (Wildman–Crippen LogP) is 2.07. The molecule has 4 nitrogen and oxygen atoms in total. The van der Waals surface area contributed by atoms with Gasteiger partial charge < -0.3 is 14.8 Å². The summed E-state index contributed by atoms with van der Waals surface area (Å²) in [6.07, 6.45) is 0.322. The summed E-state index contributed by atoms with van der Waals surface area (Å²) in [6, 6.07) is 2.99. The molecule has 0 aromatic carbocycles. The third kappa shape index (κ3) is 3.54. The van der Waals surface area contributed by atoms with Gasteiger partial charge in [0, 0.05) is 6.54 Å². The highest BCUT2D eigenvalue weighted by Gasteiger charge is 2.15. The van der Waals surface area contributed by atoms with E-state index >= 15 is 0 Å². The van der Waals surface area contributed by atoms with Gasteiger partial charge in [0.1, 0.15) is 0 Å². The molecular formula is C11H16ClNO3. The van der Waals surface area contributed by atoms with Crippen LogP contribution in [0.3, 0.4) is 0 Å². The average Bonchev–Trinajstić information content (AvgIpc) is 2.71. The Kier molecular flexibility index (Phi) is 4.83. The first-order valence-corrected chi connectivity index (χ1v) is 5.64. The van der Waals surface area contributed by atoms with Crippen molar-refractivity contribution < 1.29 is 14.3 Å². The van der Waals surface area contributed by atoms with Gasteiger partial charge in [0.15, 0.2) is 11.0 Å². The zero-order valence-electron chi connectivity index (χ0n) is 9.37. The van der Waals surface area contributed by atoms with Crippen LogP contribution in [0.4, 0.5) is 0 Å². The highest BCUT2D eigenvalue weighted by atomic mass is 35.5. The van der Waals surface area contributed by atoms with Gasteiger partial charge in [0.05, 0.1) is 6.10 Å². The number of aliphatic hydroxyl groups is 1. The predicted molar refractivity (Wildman–Crippen MR) is 61.5 cm³/mol. The number of carbonyl (C=O) groups excluding carboxylic acids is 1. The van der Waals surface area contributed by atoms with Crippen LogP contribution in [0.15, 0.2) is 16.5 Å². The van der Waals surface area contributed by atoms with Crippen LogP contribution in [-0.4, -0.2) is 23.7 Å². The van der Waals surface area contributed by atoms with Crippen molar-refractivity contribution in [1.82, 2.24) is 5.32 Å². The minimum Gasteiger partial charge on any atom is -0.440 e. The molecule has 1 aromatic heterocycles. The lowest BCUT2D eigenvalue weighted by atomic mass is 10.0. The lowest BCUT2D eigenvalue weighted by Gasteiger charge is -2.16. The lowest BCUT2D eigenvalue weighted by molar-refractivity contribution is 0.0827. The van der Waals surface area contributed by atoms with Crippen LogP contribution in [0.25, 0.3) is 0 Å². The van der Waals surface area contributed by atoms with Crippen molar-refractivity contribution in [3.8, 4) is 0 Å². The lowest BCUT2D eigenvalue weighted by Crippen LogP contribution is -2.35. The molecule has 5 heteroatoms. The van der Waals surface area contributed by atoms with Crippen LogP contribution >= 0.6 is 11.6 Å². The van der Waals surface area contributed by atoms with Crippen LogP contribution in [0.2, 0.25) is 5.22 Å². The topological polar surface area (TPSA) is 62.5 Å². The van der Waals surface area contributed by atoms with E-state index in [0.29, 0.717) is 0 Å². The fourth-order valence-electron chi connectivity index (χ4n) is 1.19. The zero-order valence-corrected chi connectivity index (χ0v) is 10.1. The summed E-state index contributed by atoms with van der Waals surface area (Å²) in [4.78, 5) is 11.5. The minimum absolute atomic E-state index is 0.153. The summed E-state index contributed by atoms with van der Waals surface area (Å²) in [5.74, 6) is -0.0592. The van der Waals surface area contributed by atoms with E-state index in [1.807, 2.05) is 13.8 Å². The largest absolute Gasteiger partial charge is 0.440 e. The van der Waals surface area contributed by atoms with Crippen molar-refractivity contribution in [3.05, 3.63) is 23.1 Å². The SMILES string of the molecule is CCC(C)C(O)CNC(=O)c1ccc(Cl)o1. The number of carbonyl (C=O) groups is 1. The van der Waals surface area contributed by atoms with Crippen molar-refractivity contribution in [2.45, 2.75) is 26.4 Å². The summed E-state index contributed by atoms with van der Waals surface area (Å²) in [5, 5.41) is 12.4. The quantitative estimate of drug-likeness (QED) is 0.835. The second kappa shape index (κ2) is 5.92. The fraction of sp³-hybridized carbons (Fsp3) is 0.545. The number of halogens is 1. The van der Waals surface area contributed by atoms with Crippen LogP contribution in [0.1, 0.15) is 30.8 Å². The first-order chi connectivity index (χ1) is 7.54. The minimum atomic E-state index is -0.542. The van der Waals surface area contributed by atoms with E-state index in [-0.39, 0.29) is 29.3 Å². The number of furan rings is 1. The molecule has 0 aliphatic heterocycles. The van der Waals surface area contributed by atoms with E-state index in [0.717, 1.165) is 6.42 Å². The summed E-state index contributed by atoms with van der Waals surface area (Å²) < 4.78 is 4.94. The molecule has 0 radical (unpaired) electrons. The number of aliphatic hydroxyl groups excluding tert-OH is 1. The van der Waals surface area contributed by atoms with Crippen LogP contribution < -0.4 is 5.32 Å². The molecule has 90 valence electrons. The Hall–Kier alpha value is -1.00. The molecule has 0 saturated carbocycles. The van der Waals surface area contributed by atoms with E-state index < -0.39 is 6.10 Å². The molecule has 1 aromatic rings. The Balaban J connectivity index is 2.41. The van der Waals surface area contributed by atoms with Crippen molar-refractivity contribution in [1.29, 1.82) is 0 Å².